The van der Waals surface area contributed by atoms with Crippen LogP contribution in [0.4, 0.5) is 0 Å². The third kappa shape index (κ3) is 3.42. The van der Waals surface area contributed by atoms with Crippen molar-refractivity contribution in [3.05, 3.63) is 11.6 Å². The summed E-state index contributed by atoms with van der Waals surface area (Å²) in [4.78, 5) is 0. The molecule has 0 amide bonds. The van der Waals surface area contributed by atoms with E-state index in [0.717, 1.165) is 48.3 Å². The summed E-state index contributed by atoms with van der Waals surface area (Å²) in [5.41, 5.74) is 2.60. The molecule has 4 rings (SSSR count). The second-order valence-electron chi connectivity index (χ2n) is 12.2. The van der Waals surface area contributed by atoms with Gasteiger partial charge in [0.1, 0.15) is 0 Å². The molecule has 0 saturated heterocycles. The average Bonchev–Trinajstić information content (AvgIpc) is 2.99. The molecule has 0 aromatic heterocycles. The maximum absolute atomic E-state index is 10.2. The molecule has 1 N–H and O–H groups in total. The minimum absolute atomic E-state index is 0.0766. The Labute approximate surface area is 174 Å². The molecule has 28 heavy (non-hydrogen) atoms. The Kier molecular flexibility index (Phi) is 5.80. The second-order valence-corrected chi connectivity index (χ2v) is 12.2. The van der Waals surface area contributed by atoms with Crippen LogP contribution in [0, 0.1) is 46.3 Å². The van der Waals surface area contributed by atoms with E-state index in [0.29, 0.717) is 10.8 Å². The van der Waals surface area contributed by atoms with Crippen molar-refractivity contribution >= 4 is 0 Å². The van der Waals surface area contributed by atoms with E-state index in [2.05, 4.69) is 40.7 Å². The lowest BCUT2D eigenvalue weighted by Crippen LogP contribution is -2.50. The van der Waals surface area contributed by atoms with Crippen LogP contribution in [0.3, 0.4) is 0 Å². The number of rotatable bonds is 5. The second kappa shape index (κ2) is 7.75. The summed E-state index contributed by atoms with van der Waals surface area (Å²) in [5.74, 6) is 5.46. The molecule has 0 heterocycles. The van der Waals surface area contributed by atoms with E-state index in [9.17, 15) is 5.11 Å². The SMILES string of the molecule is CC([13CH3])CC[13CH2][C@@H](C)[C@H]1CC[C@H]2[C@@H]3[13CH2]C=[13C]4C[C@@H](O)C[13CH2][C@]4(C)[C@H]3CC[C@]12C. The predicted molar refractivity (Wildman–Crippen MR) is 119 cm³/mol. The van der Waals surface area contributed by atoms with Gasteiger partial charge in [0.15, 0.2) is 0 Å². The molecule has 1 heteroatoms. The quantitative estimate of drug-likeness (QED) is 0.382. The highest BCUT2D eigenvalue weighted by molar-refractivity contribution is 5.25. The Morgan fingerprint density at radius 1 is 1.00 bits per heavy atom. The number of aliphatic hydroxyl groups excluding tert-OH is 1. The van der Waals surface area contributed by atoms with Gasteiger partial charge in [-0.2, -0.15) is 0 Å². The monoisotopic (exact) mass is 391 g/mol. The minimum atomic E-state index is -0.0766. The van der Waals surface area contributed by atoms with E-state index in [1.807, 2.05) is 0 Å². The largest absolute Gasteiger partial charge is 0.393 e. The third-order valence-corrected chi connectivity index (χ3v) is 10.3. The Morgan fingerprint density at radius 2 is 1.79 bits per heavy atom. The van der Waals surface area contributed by atoms with Gasteiger partial charge in [-0.05, 0) is 97.7 Å². The zero-order valence-corrected chi connectivity index (χ0v) is 19.3. The first-order chi connectivity index (χ1) is 13.3. The lowest BCUT2D eigenvalue weighted by atomic mass is 9.54. The van der Waals surface area contributed by atoms with Crippen molar-refractivity contribution in [3.8, 4) is 0 Å². The normalized spacial score (nSPS) is 47.5. The highest BCUT2D eigenvalue weighted by Gasteiger charge is 2.59. The first kappa shape index (κ1) is 21.0. The summed E-state index contributed by atoms with van der Waals surface area (Å²) >= 11 is 0. The molecule has 0 bridgehead atoms. The summed E-state index contributed by atoms with van der Waals surface area (Å²) in [7, 11) is 0. The van der Waals surface area contributed by atoms with E-state index in [1.54, 1.807) is 5.57 Å². The highest BCUT2D eigenvalue weighted by atomic mass is 16.3. The summed E-state index contributed by atoms with van der Waals surface area (Å²) in [6.45, 7) is 12.6. The first-order valence-corrected chi connectivity index (χ1v) is 12.6. The first-order valence-electron chi connectivity index (χ1n) is 12.6. The number of hydrogen-bond donors (Lipinski definition) is 1. The molecule has 4 aliphatic rings. The zero-order valence-electron chi connectivity index (χ0n) is 19.3. The molecule has 9 atom stereocenters. The molecule has 0 aromatic rings. The van der Waals surface area contributed by atoms with Crippen LogP contribution >= 0.6 is 0 Å². The lowest BCUT2D eigenvalue weighted by molar-refractivity contribution is -0.0573. The molecule has 1 nitrogen and oxygen atoms in total. The van der Waals surface area contributed by atoms with E-state index in [-0.39, 0.29) is 6.10 Å². The molecule has 4 aliphatic carbocycles. The van der Waals surface area contributed by atoms with E-state index in [1.165, 1.54) is 57.8 Å². The van der Waals surface area contributed by atoms with Crippen molar-refractivity contribution in [3.63, 3.8) is 0 Å². The van der Waals surface area contributed by atoms with Crippen molar-refractivity contribution < 1.29 is 5.11 Å². The fourth-order valence-corrected chi connectivity index (χ4v) is 8.67. The summed E-state index contributed by atoms with van der Waals surface area (Å²) < 4.78 is 0. The molecule has 0 aromatic carbocycles. The van der Waals surface area contributed by atoms with Crippen LogP contribution in [-0.4, -0.2) is 11.2 Å². The minimum Gasteiger partial charge on any atom is -0.393 e. The van der Waals surface area contributed by atoms with Crippen molar-refractivity contribution in [1.82, 2.24) is 0 Å². The highest BCUT2D eigenvalue weighted by Crippen LogP contribution is 2.67. The average molecular weight is 392 g/mol. The number of fused-ring (bicyclic) bond motifs is 5. The van der Waals surface area contributed by atoms with E-state index in [4.69, 9.17) is 0 Å². The standard InChI is InChI=1S/C27H46O/c1-18(2)7-6-8-19(3)23-11-12-24-22-10-9-20-17-21(28)13-15-26(20,4)25(22)14-16-27(23,24)5/h9,18-19,21-25,28H,6-8,10-17H2,1-5H3/t19-,21+,22+,23-,24+,25+,26+,27-/m1/s1/i1+1,8+1,10+1,15+1,20+1/t18?,19-,21+,22+,23-,24+,25+,26+,27-. The fourth-order valence-electron chi connectivity index (χ4n) is 8.67. The van der Waals surface area contributed by atoms with Crippen molar-refractivity contribution in [2.75, 3.05) is 0 Å². The molecule has 160 valence electrons. The molecular weight excluding hydrogens is 345 g/mol. The zero-order chi connectivity index (χ0) is 20.1. The van der Waals surface area contributed by atoms with Crippen molar-refractivity contribution in [2.24, 2.45) is 46.3 Å². The number of allylic oxidation sites excluding steroid dienone is 1. The molecule has 0 spiro atoms. The Bertz CT molecular complexity index is 591. The van der Waals surface area contributed by atoms with Gasteiger partial charge in [0.2, 0.25) is 0 Å². The Morgan fingerprint density at radius 3 is 2.54 bits per heavy atom. The van der Waals surface area contributed by atoms with Crippen LogP contribution in [0.25, 0.3) is 0 Å². The molecule has 3 saturated carbocycles. The van der Waals surface area contributed by atoms with Gasteiger partial charge in [-0.3, -0.25) is 0 Å². The van der Waals surface area contributed by atoms with E-state index < -0.39 is 0 Å². The van der Waals surface area contributed by atoms with Gasteiger partial charge in [-0.25, -0.2) is 0 Å². The summed E-state index contributed by atoms with van der Waals surface area (Å²) in [6, 6.07) is 0. The molecular formula is C27H46O. The predicted octanol–water partition coefficient (Wildman–Crippen LogP) is 7.39. The molecule has 0 radical (unpaired) electrons. The smallest absolute Gasteiger partial charge is 0.0577 e. The van der Waals surface area contributed by atoms with Gasteiger partial charge in [-0.15, -0.1) is 0 Å². The van der Waals surface area contributed by atoms with E-state index >= 15 is 0 Å². The van der Waals surface area contributed by atoms with Gasteiger partial charge in [0.25, 0.3) is 0 Å². The number of hydrogen-bond acceptors (Lipinski definition) is 1. The maximum Gasteiger partial charge on any atom is 0.0577 e. The Hall–Kier alpha value is -0.300. The fraction of sp³-hybridized carbons (Fsp3) is 0.926. The molecule has 0 aliphatic heterocycles. The molecule has 1 unspecified atom stereocenters. The van der Waals surface area contributed by atoms with Crippen LogP contribution in [0.2, 0.25) is 0 Å². The van der Waals surface area contributed by atoms with Crippen LogP contribution in [0.5, 0.6) is 0 Å². The summed E-state index contributed by atoms with van der Waals surface area (Å²) in [6.07, 6.45) is 17.2. The van der Waals surface area contributed by atoms with Crippen LogP contribution in [0.15, 0.2) is 11.6 Å². The topological polar surface area (TPSA) is 20.2 Å². The van der Waals surface area contributed by atoms with Crippen LogP contribution in [0.1, 0.15) is 105 Å². The van der Waals surface area contributed by atoms with Crippen LogP contribution in [-0.2, 0) is 0 Å². The van der Waals surface area contributed by atoms with Crippen molar-refractivity contribution in [2.45, 2.75) is 111 Å². The van der Waals surface area contributed by atoms with Gasteiger partial charge < -0.3 is 5.11 Å². The van der Waals surface area contributed by atoms with Gasteiger partial charge >= 0.3 is 0 Å². The Balaban J connectivity index is 1.49. The lowest BCUT2D eigenvalue weighted by Gasteiger charge is -2.58. The third-order valence-electron chi connectivity index (χ3n) is 10.3. The van der Waals surface area contributed by atoms with Gasteiger partial charge in [-0.1, -0.05) is 65.5 Å². The summed E-state index contributed by atoms with van der Waals surface area (Å²) in [5, 5.41) is 10.2. The number of aliphatic hydroxyl groups is 1. The van der Waals surface area contributed by atoms with Gasteiger partial charge in [0, 0.05) is 0 Å². The van der Waals surface area contributed by atoms with Gasteiger partial charge in [0.05, 0.1) is 6.10 Å². The maximum atomic E-state index is 10.2. The van der Waals surface area contributed by atoms with Crippen molar-refractivity contribution in [1.29, 1.82) is 0 Å². The van der Waals surface area contributed by atoms with Crippen LogP contribution < -0.4 is 0 Å². The molecule has 3 fully saturated rings.